The molecule has 1 N–H and O–H groups in total. The monoisotopic (exact) mass is 296 g/mol. The van der Waals surface area contributed by atoms with Gasteiger partial charge in [0.15, 0.2) is 0 Å². The third kappa shape index (κ3) is 6.91. The first-order chi connectivity index (χ1) is 9.42. The van der Waals surface area contributed by atoms with Crippen molar-refractivity contribution in [2.75, 3.05) is 12.3 Å². The van der Waals surface area contributed by atoms with Gasteiger partial charge in [-0.1, -0.05) is 24.8 Å². The van der Waals surface area contributed by atoms with E-state index in [2.05, 4.69) is 17.2 Å². The minimum absolute atomic E-state index is 0.208. The number of esters is 1. The summed E-state index contributed by atoms with van der Waals surface area (Å²) in [4.78, 5) is 16.1. The number of hydrogen-bond acceptors (Lipinski definition) is 5. The van der Waals surface area contributed by atoms with Crippen molar-refractivity contribution >= 4 is 17.7 Å². The Morgan fingerprint density at radius 2 is 2.20 bits per heavy atom. The molecule has 0 aliphatic rings. The van der Waals surface area contributed by atoms with Crippen LogP contribution in [0.25, 0.3) is 0 Å². The van der Waals surface area contributed by atoms with Crippen LogP contribution < -0.4 is 5.32 Å². The predicted octanol–water partition coefficient (Wildman–Crippen LogP) is 3.02. The van der Waals surface area contributed by atoms with Crippen molar-refractivity contribution in [1.29, 1.82) is 0 Å². The molecule has 0 bridgehead atoms. The number of nitrogens with one attached hydrogen (secondary N) is 1. The molecule has 0 aliphatic carbocycles. The highest BCUT2D eigenvalue weighted by molar-refractivity contribution is 7.99. The summed E-state index contributed by atoms with van der Waals surface area (Å²) in [6.45, 7) is 9.50. The van der Waals surface area contributed by atoms with E-state index in [0.29, 0.717) is 0 Å². The quantitative estimate of drug-likeness (QED) is 0.476. The van der Waals surface area contributed by atoms with Gasteiger partial charge >= 0.3 is 5.97 Å². The summed E-state index contributed by atoms with van der Waals surface area (Å²) in [5.41, 5.74) is 0.683. The minimum Gasteiger partial charge on any atom is -0.459 e. The molecule has 0 fully saturated rings. The van der Waals surface area contributed by atoms with Gasteiger partial charge < -0.3 is 10.1 Å². The van der Waals surface area contributed by atoms with Crippen LogP contribution in [0.3, 0.4) is 0 Å². The molecule has 5 heteroatoms. The second-order valence-electron chi connectivity index (χ2n) is 5.52. The molecular formula is C15H24N2O2S. The molecule has 0 saturated heterocycles. The average molecular weight is 296 g/mol. The fraction of sp³-hybridized carbons (Fsp3) is 0.600. The Hall–Kier alpha value is -1.07. The van der Waals surface area contributed by atoms with Gasteiger partial charge in [-0.25, -0.2) is 4.98 Å². The SMILES string of the molecule is CCCNCc1cccnc1SCC(=O)OC(C)(C)C. The van der Waals surface area contributed by atoms with Gasteiger partial charge in [0.05, 0.1) is 5.75 Å². The molecule has 4 nitrogen and oxygen atoms in total. The third-order valence-electron chi connectivity index (χ3n) is 2.34. The molecular weight excluding hydrogens is 272 g/mol. The molecule has 1 rings (SSSR count). The highest BCUT2D eigenvalue weighted by atomic mass is 32.2. The number of nitrogens with zero attached hydrogens (tertiary/aromatic N) is 1. The molecule has 0 atom stereocenters. The zero-order chi connectivity index (χ0) is 15.0. The number of aromatic nitrogens is 1. The van der Waals surface area contributed by atoms with E-state index in [0.717, 1.165) is 30.1 Å². The maximum absolute atomic E-state index is 11.7. The van der Waals surface area contributed by atoms with Gasteiger partial charge in [-0.2, -0.15) is 0 Å². The topological polar surface area (TPSA) is 51.2 Å². The summed E-state index contributed by atoms with van der Waals surface area (Å²) < 4.78 is 5.29. The summed E-state index contributed by atoms with van der Waals surface area (Å²) >= 11 is 1.43. The Morgan fingerprint density at radius 1 is 1.45 bits per heavy atom. The largest absolute Gasteiger partial charge is 0.459 e. The van der Waals surface area contributed by atoms with Gasteiger partial charge in [-0.05, 0) is 45.4 Å². The molecule has 0 aliphatic heterocycles. The fourth-order valence-electron chi connectivity index (χ4n) is 1.59. The van der Waals surface area contributed by atoms with Crippen molar-refractivity contribution in [1.82, 2.24) is 10.3 Å². The number of pyridine rings is 1. The van der Waals surface area contributed by atoms with E-state index in [4.69, 9.17) is 4.74 Å². The Labute approximate surface area is 125 Å². The second kappa shape index (κ2) is 8.27. The van der Waals surface area contributed by atoms with E-state index in [1.807, 2.05) is 32.9 Å². The van der Waals surface area contributed by atoms with Crippen molar-refractivity contribution in [2.24, 2.45) is 0 Å². The zero-order valence-corrected chi connectivity index (χ0v) is 13.5. The first-order valence-corrected chi connectivity index (χ1v) is 7.90. The highest BCUT2D eigenvalue weighted by Crippen LogP contribution is 2.21. The molecule has 1 heterocycles. The van der Waals surface area contributed by atoms with E-state index in [1.165, 1.54) is 11.8 Å². The molecule has 0 saturated carbocycles. The Bertz CT molecular complexity index is 430. The summed E-state index contributed by atoms with van der Waals surface area (Å²) in [5.74, 6) is 0.0790. The number of hydrogen-bond donors (Lipinski definition) is 1. The number of rotatable bonds is 7. The molecule has 1 aromatic rings. The van der Waals surface area contributed by atoms with Gasteiger partial charge in [0.2, 0.25) is 0 Å². The Morgan fingerprint density at radius 3 is 2.85 bits per heavy atom. The standard InChI is InChI=1S/C15H24N2O2S/c1-5-8-16-10-12-7-6-9-17-14(12)20-11-13(18)19-15(2,3)4/h6-7,9,16H,5,8,10-11H2,1-4H3. The van der Waals surface area contributed by atoms with Crippen LogP contribution in [0.5, 0.6) is 0 Å². The first-order valence-electron chi connectivity index (χ1n) is 6.91. The molecule has 0 amide bonds. The third-order valence-corrected chi connectivity index (χ3v) is 3.36. The van der Waals surface area contributed by atoms with Crippen molar-refractivity contribution in [3.8, 4) is 0 Å². The molecule has 0 radical (unpaired) electrons. The molecule has 0 aromatic carbocycles. The summed E-state index contributed by atoms with van der Waals surface area (Å²) in [6.07, 6.45) is 2.85. The lowest BCUT2D eigenvalue weighted by atomic mass is 10.2. The number of ether oxygens (including phenoxy) is 1. The van der Waals surface area contributed by atoms with Gasteiger partial charge in [0.1, 0.15) is 10.6 Å². The smallest absolute Gasteiger partial charge is 0.316 e. The first kappa shape index (κ1) is 17.0. The predicted molar refractivity (Wildman–Crippen MR) is 82.8 cm³/mol. The van der Waals surface area contributed by atoms with Crippen LogP contribution in [0.1, 0.15) is 39.7 Å². The second-order valence-corrected chi connectivity index (χ2v) is 6.48. The van der Waals surface area contributed by atoms with Crippen molar-refractivity contribution in [3.05, 3.63) is 23.9 Å². The summed E-state index contributed by atoms with van der Waals surface area (Å²) in [7, 11) is 0. The van der Waals surface area contributed by atoms with Gasteiger partial charge in [0.25, 0.3) is 0 Å². The van der Waals surface area contributed by atoms with Crippen LogP contribution >= 0.6 is 11.8 Å². The van der Waals surface area contributed by atoms with Gasteiger partial charge in [0, 0.05) is 12.7 Å². The van der Waals surface area contributed by atoms with E-state index in [9.17, 15) is 4.79 Å². The van der Waals surface area contributed by atoms with E-state index in [-0.39, 0.29) is 11.7 Å². The average Bonchev–Trinajstić information content (AvgIpc) is 2.36. The Kier molecular flexibility index (Phi) is 7.02. The van der Waals surface area contributed by atoms with Crippen LogP contribution in [0, 0.1) is 0 Å². The van der Waals surface area contributed by atoms with Crippen LogP contribution in [-0.2, 0) is 16.1 Å². The molecule has 0 unspecified atom stereocenters. The van der Waals surface area contributed by atoms with E-state index in [1.54, 1.807) is 6.20 Å². The van der Waals surface area contributed by atoms with Gasteiger partial charge in [-0.3, -0.25) is 4.79 Å². The van der Waals surface area contributed by atoms with Crippen molar-refractivity contribution in [2.45, 2.75) is 51.3 Å². The molecule has 112 valence electrons. The normalized spacial score (nSPS) is 11.4. The highest BCUT2D eigenvalue weighted by Gasteiger charge is 2.17. The van der Waals surface area contributed by atoms with Crippen LogP contribution in [0.15, 0.2) is 23.4 Å². The van der Waals surface area contributed by atoms with Crippen LogP contribution in [-0.4, -0.2) is 28.9 Å². The number of thioether (sulfide) groups is 1. The summed E-state index contributed by atoms with van der Waals surface area (Å²) in [5, 5.41) is 4.24. The molecule has 20 heavy (non-hydrogen) atoms. The zero-order valence-electron chi connectivity index (χ0n) is 12.7. The van der Waals surface area contributed by atoms with Crippen molar-refractivity contribution < 1.29 is 9.53 Å². The van der Waals surface area contributed by atoms with Gasteiger partial charge in [-0.15, -0.1) is 0 Å². The van der Waals surface area contributed by atoms with E-state index >= 15 is 0 Å². The van der Waals surface area contributed by atoms with E-state index < -0.39 is 5.60 Å². The fourth-order valence-corrected chi connectivity index (χ4v) is 2.36. The van der Waals surface area contributed by atoms with Crippen LogP contribution in [0.2, 0.25) is 0 Å². The lowest BCUT2D eigenvalue weighted by molar-refractivity contribution is -0.151. The number of carbonyl (C=O) groups excluding carboxylic acids is 1. The lowest BCUT2D eigenvalue weighted by Crippen LogP contribution is -2.25. The maximum Gasteiger partial charge on any atom is 0.316 e. The molecule has 1 aromatic heterocycles. The summed E-state index contributed by atoms with van der Waals surface area (Å²) in [6, 6.07) is 3.95. The maximum atomic E-state index is 11.7. The molecule has 0 spiro atoms. The number of carbonyl (C=O) groups is 1. The Balaban J connectivity index is 2.52. The lowest BCUT2D eigenvalue weighted by Gasteiger charge is -2.19. The van der Waals surface area contributed by atoms with Crippen molar-refractivity contribution in [3.63, 3.8) is 0 Å². The van der Waals surface area contributed by atoms with Crippen LogP contribution in [0.4, 0.5) is 0 Å². The minimum atomic E-state index is -0.437.